The summed E-state index contributed by atoms with van der Waals surface area (Å²) < 4.78 is 0. The van der Waals surface area contributed by atoms with Crippen LogP contribution in [0, 0.1) is 5.92 Å². The van der Waals surface area contributed by atoms with Crippen molar-refractivity contribution in [2.75, 3.05) is 6.54 Å². The van der Waals surface area contributed by atoms with Gasteiger partial charge in [-0.3, -0.25) is 0 Å². The lowest BCUT2D eigenvalue weighted by atomic mass is 10.0. The third kappa shape index (κ3) is 8.97. The quantitative estimate of drug-likeness (QED) is 0.439. The van der Waals surface area contributed by atoms with E-state index < -0.39 is 0 Å². The van der Waals surface area contributed by atoms with Crippen molar-refractivity contribution in [1.29, 1.82) is 0 Å². The van der Waals surface area contributed by atoms with Gasteiger partial charge in [0, 0.05) is 6.04 Å². The van der Waals surface area contributed by atoms with Crippen LogP contribution in [0.4, 0.5) is 0 Å². The third-order valence-corrected chi connectivity index (χ3v) is 4.15. The van der Waals surface area contributed by atoms with Crippen LogP contribution < -0.4 is 5.32 Å². The molecule has 1 heteroatoms. The summed E-state index contributed by atoms with van der Waals surface area (Å²) in [6.07, 6.45) is 17.2. The molecule has 1 unspecified atom stereocenters. The van der Waals surface area contributed by atoms with Crippen molar-refractivity contribution in [3.63, 3.8) is 0 Å². The second kappa shape index (κ2) is 10.8. The lowest BCUT2D eigenvalue weighted by Crippen LogP contribution is -2.30. The summed E-state index contributed by atoms with van der Waals surface area (Å²) in [5.74, 6) is 1.07. The van der Waals surface area contributed by atoms with Gasteiger partial charge in [0.1, 0.15) is 0 Å². The Balaban J connectivity index is 1.94. The lowest BCUT2D eigenvalue weighted by molar-refractivity contribution is 0.413. The van der Waals surface area contributed by atoms with E-state index in [0.29, 0.717) is 0 Å². The molecule has 0 bridgehead atoms. The van der Waals surface area contributed by atoms with E-state index >= 15 is 0 Å². The van der Waals surface area contributed by atoms with Gasteiger partial charge in [-0.15, -0.1) is 0 Å². The number of hydrogen-bond acceptors (Lipinski definition) is 1. The van der Waals surface area contributed by atoms with Crippen LogP contribution in [-0.2, 0) is 0 Å². The zero-order valence-corrected chi connectivity index (χ0v) is 12.8. The fourth-order valence-corrected chi connectivity index (χ4v) is 2.76. The van der Waals surface area contributed by atoms with Crippen molar-refractivity contribution in [2.45, 2.75) is 96.9 Å². The molecule has 1 aliphatic carbocycles. The molecule has 1 rings (SSSR count). The smallest absolute Gasteiger partial charge is 0.00696 e. The molecule has 0 aromatic rings. The van der Waals surface area contributed by atoms with Gasteiger partial charge in [-0.1, -0.05) is 71.6 Å². The van der Waals surface area contributed by atoms with Crippen LogP contribution in [0.1, 0.15) is 90.9 Å². The fourth-order valence-electron chi connectivity index (χ4n) is 2.76. The molecule has 18 heavy (non-hydrogen) atoms. The Morgan fingerprint density at radius 3 is 2.17 bits per heavy atom. The molecular weight excluding hydrogens is 218 g/mol. The molecule has 0 amide bonds. The third-order valence-electron chi connectivity index (χ3n) is 4.15. The molecule has 1 fully saturated rings. The summed E-state index contributed by atoms with van der Waals surface area (Å²) in [7, 11) is 0. The number of rotatable bonds is 13. The topological polar surface area (TPSA) is 12.0 Å². The standard InChI is InChI=1S/C17H35N/c1-3-5-6-7-8-9-10-11-17(18-14-4-2)15-16-12-13-16/h16-18H,3-15H2,1-2H3. The number of nitrogens with one attached hydrogen (secondary N) is 1. The zero-order valence-electron chi connectivity index (χ0n) is 12.8. The Morgan fingerprint density at radius 2 is 1.56 bits per heavy atom. The van der Waals surface area contributed by atoms with Crippen molar-refractivity contribution >= 4 is 0 Å². The van der Waals surface area contributed by atoms with Gasteiger partial charge < -0.3 is 5.32 Å². The van der Waals surface area contributed by atoms with Gasteiger partial charge in [0.25, 0.3) is 0 Å². The van der Waals surface area contributed by atoms with Crippen LogP contribution in [0.3, 0.4) is 0 Å². The van der Waals surface area contributed by atoms with E-state index in [0.717, 1.165) is 12.0 Å². The van der Waals surface area contributed by atoms with Crippen LogP contribution in [0.5, 0.6) is 0 Å². The SMILES string of the molecule is CCCCCCCCCC(CC1CC1)NCCC. The highest BCUT2D eigenvalue weighted by atomic mass is 14.9. The van der Waals surface area contributed by atoms with Crippen LogP contribution in [-0.4, -0.2) is 12.6 Å². The summed E-state index contributed by atoms with van der Waals surface area (Å²) in [5.41, 5.74) is 0. The summed E-state index contributed by atoms with van der Waals surface area (Å²) in [4.78, 5) is 0. The predicted octanol–water partition coefficient (Wildman–Crippen LogP) is 5.30. The van der Waals surface area contributed by atoms with Crippen LogP contribution in [0.2, 0.25) is 0 Å². The number of hydrogen-bond donors (Lipinski definition) is 1. The summed E-state index contributed by atoms with van der Waals surface area (Å²) >= 11 is 0. The van der Waals surface area contributed by atoms with Crippen LogP contribution >= 0.6 is 0 Å². The van der Waals surface area contributed by atoms with Gasteiger partial charge in [0.15, 0.2) is 0 Å². The van der Waals surface area contributed by atoms with Crippen molar-refractivity contribution in [2.24, 2.45) is 5.92 Å². The Bertz CT molecular complexity index is 174. The molecule has 0 heterocycles. The van der Waals surface area contributed by atoms with E-state index in [9.17, 15) is 0 Å². The van der Waals surface area contributed by atoms with Gasteiger partial charge in [-0.05, 0) is 31.7 Å². The monoisotopic (exact) mass is 253 g/mol. The van der Waals surface area contributed by atoms with Gasteiger partial charge in [0.05, 0.1) is 0 Å². The highest BCUT2D eigenvalue weighted by molar-refractivity contribution is 4.80. The Kier molecular flexibility index (Phi) is 9.65. The van der Waals surface area contributed by atoms with Crippen molar-refractivity contribution in [3.8, 4) is 0 Å². The molecule has 0 aliphatic heterocycles. The molecule has 0 saturated heterocycles. The average molecular weight is 253 g/mol. The molecule has 0 aromatic carbocycles. The van der Waals surface area contributed by atoms with E-state index in [2.05, 4.69) is 19.2 Å². The Hall–Kier alpha value is -0.0400. The molecule has 108 valence electrons. The lowest BCUT2D eigenvalue weighted by Gasteiger charge is -2.18. The summed E-state index contributed by atoms with van der Waals surface area (Å²) in [6.45, 7) is 5.78. The minimum absolute atomic E-state index is 0.827. The molecule has 0 aromatic heterocycles. The maximum atomic E-state index is 3.75. The minimum atomic E-state index is 0.827. The van der Waals surface area contributed by atoms with E-state index in [4.69, 9.17) is 0 Å². The average Bonchev–Trinajstić information content (AvgIpc) is 3.18. The Morgan fingerprint density at radius 1 is 0.889 bits per heavy atom. The molecule has 0 radical (unpaired) electrons. The van der Waals surface area contributed by atoms with E-state index in [1.807, 2.05) is 0 Å². The van der Waals surface area contributed by atoms with Crippen LogP contribution in [0.15, 0.2) is 0 Å². The molecule has 1 nitrogen and oxygen atoms in total. The summed E-state index contributed by atoms with van der Waals surface area (Å²) in [6, 6.07) is 0.827. The maximum Gasteiger partial charge on any atom is 0.00696 e. The highest BCUT2D eigenvalue weighted by Gasteiger charge is 2.24. The van der Waals surface area contributed by atoms with Crippen molar-refractivity contribution in [3.05, 3.63) is 0 Å². The first-order valence-corrected chi connectivity index (χ1v) is 8.60. The zero-order chi connectivity index (χ0) is 13.1. The summed E-state index contributed by atoms with van der Waals surface area (Å²) in [5, 5.41) is 3.75. The maximum absolute atomic E-state index is 3.75. The highest BCUT2D eigenvalue weighted by Crippen LogP contribution is 2.34. The minimum Gasteiger partial charge on any atom is -0.314 e. The predicted molar refractivity (Wildman–Crippen MR) is 82.0 cm³/mol. The van der Waals surface area contributed by atoms with Gasteiger partial charge in [0.2, 0.25) is 0 Å². The molecule has 1 N–H and O–H groups in total. The Labute approximate surface area is 115 Å². The first kappa shape index (κ1) is 16.0. The van der Waals surface area contributed by atoms with Crippen molar-refractivity contribution in [1.82, 2.24) is 5.32 Å². The molecular formula is C17H35N. The van der Waals surface area contributed by atoms with E-state index in [1.165, 1.54) is 83.6 Å². The number of unbranched alkanes of at least 4 members (excludes halogenated alkanes) is 6. The first-order valence-electron chi connectivity index (χ1n) is 8.60. The second-order valence-electron chi connectivity index (χ2n) is 6.24. The molecule has 1 atom stereocenters. The molecule has 1 saturated carbocycles. The fraction of sp³-hybridized carbons (Fsp3) is 1.00. The normalized spacial score (nSPS) is 17.0. The first-order chi connectivity index (χ1) is 8.86. The van der Waals surface area contributed by atoms with Crippen molar-refractivity contribution < 1.29 is 0 Å². The second-order valence-corrected chi connectivity index (χ2v) is 6.24. The molecule has 1 aliphatic rings. The van der Waals surface area contributed by atoms with Gasteiger partial charge >= 0.3 is 0 Å². The van der Waals surface area contributed by atoms with Gasteiger partial charge in [-0.25, -0.2) is 0 Å². The largest absolute Gasteiger partial charge is 0.314 e. The van der Waals surface area contributed by atoms with Gasteiger partial charge in [-0.2, -0.15) is 0 Å². The van der Waals surface area contributed by atoms with E-state index in [-0.39, 0.29) is 0 Å². The van der Waals surface area contributed by atoms with Crippen LogP contribution in [0.25, 0.3) is 0 Å². The molecule has 0 spiro atoms. The van der Waals surface area contributed by atoms with E-state index in [1.54, 1.807) is 0 Å².